The first-order valence-corrected chi connectivity index (χ1v) is 14.2. The molecule has 4 atom stereocenters. The summed E-state index contributed by atoms with van der Waals surface area (Å²) in [5.41, 5.74) is 7.65. The molecule has 0 aromatic heterocycles. The summed E-state index contributed by atoms with van der Waals surface area (Å²) in [6, 6.07) is -3.32. The van der Waals surface area contributed by atoms with E-state index in [4.69, 9.17) is 15.9 Å². The molecule has 2 saturated heterocycles. The van der Waals surface area contributed by atoms with Crippen molar-refractivity contribution >= 4 is 48.0 Å². The normalized spacial score (nSPS) is 19.1. The number of guanidine groups is 1. The minimum Gasteiger partial charge on any atom is -0.464 e. The number of nitrogens with one attached hydrogen (secondary N) is 5. The van der Waals surface area contributed by atoms with Gasteiger partial charge in [-0.05, 0) is 51.4 Å². The van der Waals surface area contributed by atoms with Gasteiger partial charge in [0.1, 0.15) is 18.1 Å². The molecule has 0 aliphatic carbocycles. The van der Waals surface area contributed by atoms with E-state index in [9.17, 15) is 34.1 Å². The molecule has 17 nitrogen and oxygen atoms in total. The van der Waals surface area contributed by atoms with Crippen LogP contribution in [0.4, 0.5) is 0 Å². The first-order chi connectivity index (χ1) is 19.9. The van der Waals surface area contributed by atoms with Gasteiger partial charge in [0, 0.05) is 19.6 Å². The molecular weight excluding hydrogens is 590 g/mol. The average molecular weight is 634 g/mol. The number of ether oxygens (including phenoxy) is 1. The maximum Gasteiger partial charge on any atom is 0.328 e. The summed E-state index contributed by atoms with van der Waals surface area (Å²) in [4.78, 5) is 77.4. The Labute approximate surface area is 256 Å². The molecule has 0 spiro atoms. The lowest BCUT2D eigenvalue weighted by Gasteiger charge is -2.29. The van der Waals surface area contributed by atoms with E-state index in [1.54, 1.807) is 12.3 Å². The Morgan fingerprint density at radius 3 is 2.23 bits per heavy atom. The van der Waals surface area contributed by atoms with Crippen LogP contribution in [0.25, 0.3) is 0 Å². The van der Waals surface area contributed by atoms with Gasteiger partial charge in [-0.3, -0.25) is 24.6 Å². The Balaban J connectivity index is 0.00000924. The number of likely N-dealkylation sites (tertiary alicyclic amines) is 2. The molecule has 2 heterocycles. The molecule has 4 amide bonds. The summed E-state index contributed by atoms with van der Waals surface area (Å²) >= 11 is 0. The van der Waals surface area contributed by atoms with Crippen LogP contribution < -0.4 is 27.1 Å². The third-order valence-electron chi connectivity index (χ3n) is 7.19. The molecule has 2 rings (SSSR count). The number of nitrogens with zero attached hydrogens (tertiary/aromatic N) is 3. The number of hydrogen-bond acceptors (Lipinski definition) is 10. The van der Waals surface area contributed by atoms with Crippen LogP contribution in [0, 0.1) is 21.4 Å². The number of nitro groups is 1. The van der Waals surface area contributed by atoms with E-state index in [0.29, 0.717) is 38.8 Å². The molecule has 7 N–H and O–H groups in total. The number of halogens is 1. The van der Waals surface area contributed by atoms with Crippen molar-refractivity contribution in [1.29, 1.82) is 5.41 Å². The van der Waals surface area contributed by atoms with Gasteiger partial charge in [0.25, 0.3) is 5.96 Å². The molecule has 0 bridgehead atoms. The summed E-state index contributed by atoms with van der Waals surface area (Å²) < 4.78 is 5.06. The number of hydrazine groups is 1. The van der Waals surface area contributed by atoms with Gasteiger partial charge >= 0.3 is 5.97 Å². The molecule has 0 aromatic rings. The number of esters is 1. The second kappa shape index (κ2) is 18.0. The van der Waals surface area contributed by atoms with Gasteiger partial charge in [0.2, 0.25) is 23.6 Å². The quantitative estimate of drug-likeness (QED) is 0.0325. The molecule has 18 heteroatoms. The number of hydrogen-bond donors (Lipinski definition) is 6. The zero-order valence-corrected chi connectivity index (χ0v) is 25.6. The maximum atomic E-state index is 13.1. The lowest BCUT2D eigenvalue weighted by atomic mass is 10.0. The molecule has 0 aromatic carbocycles. The van der Waals surface area contributed by atoms with Crippen LogP contribution in [0.5, 0.6) is 0 Å². The standard InChI is InChI=1S/C25H43N9O8.ClH/c1-4-42-24(39)16(8-5-11-28-25(27)31-34(40)41)30-22(37)18-10-6-12-32(18)19(35)14-29-21(36)17-9-7-13-33(17)23(38)20(26)15(2)3;/h15-18,20H,4-14,26H2,1-3H3,(H,29,36)(H,30,37)(H3,27,28,31);1H/t16-,17-,18-,20-;/m0./s1. The van der Waals surface area contributed by atoms with Crippen molar-refractivity contribution in [2.75, 3.05) is 32.8 Å². The average Bonchev–Trinajstić information content (AvgIpc) is 3.62. The van der Waals surface area contributed by atoms with Gasteiger partial charge in [-0.2, -0.15) is 0 Å². The largest absolute Gasteiger partial charge is 0.464 e. The molecule has 0 unspecified atom stereocenters. The molecular formula is C25H44ClN9O8. The van der Waals surface area contributed by atoms with Crippen LogP contribution in [0.15, 0.2) is 0 Å². The van der Waals surface area contributed by atoms with Gasteiger partial charge < -0.3 is 36.2 Å². The Morgan fingerprint density at radius 2 is 1.65 bits per heavy atom. The van der Waals surface area contributed by atoms with Gasteiger partial charge in [-0.25, -0.2) is 14.9 Å². The fraction of sp³-hybridized carbons (Fsp3) is 0.760. The summed E-state index contributed by atoms with van der Waals surface area (Å²) in [5.74, 6) is -3.04. The maximum absolute atomic E-state index is 13.1. The predicted octanol–water partition coefficient (Wildman–Crippen LogP) is -1.38. The number of amides is 4. The third-order valence-corrected chi connectivity index (χ3v) is 7.19. The molecule has 2 fully saturated rings. The molecule has 244 valence electrons. The van der Waals surface area contributed by atoms with Crippen molar-refractivity contribution in [3.8, 4) is 0 Å². The van der Waals surface area contributed by atoms with E-state index in [1.165, 1.54) is 9.80 Å². The van der Waals surface area contributed by atoms with E-state index >= 15 is 0 Å². The predicted molar refractivity (Wildman–Crippen MR) is 156 cm³/mol. The monoisotopic (exact) mass is 633 g/mol. The summed E-state index contributed by atoms with van der Waals surface area (Å²) in [6.45, 7) is 5.83. The van der Waals surface area contributed by atoms with Crippen LogP contribution in [-0.4, -0.2) is 107 Å². The van der Waals surface area contributed by atoms with Gasteiger partial charge in [0.15, 0.2) is 5.03 Å². The Morgan fingerprint density at radius 1 is 1.05 bits per heavy atom. The van der Waals surface area contributed by atoms with E-state index in [1.807, 2.05) is 13.8 Å². The first kappa shape index (κ1) is 37.3. The third kappa shape index (κ3) is 11.1. The Hall–Kier alpha value is -3.73. The molecule has 2 aliphatic rings. The van der Waals surface area contributed by atoms with Gasteiger partial charge in [-0.15, -0.1) is 12.4 Å². The Bertz CT molecular complexity index is 1030. The van der Waals surface area contributed by atoms with Crippen molar-refractivity contribution < 1.29 is 33.7 Å². The fourth-order valence-corrected chi connectivity index (χ4v) is 4.91. The van der Waals surface area contributed by atoms with Gasteiger partial charge in [0.05, 0.1) is 19.2 Å². The van der Waals surface area contributed by atoms with E-state index in [0.717, 1.165) is 0 Å². The zero-order chi connectivity index (χ0) is 31.4. The van der Waals surface area contributed by atoms with Crippen LogP contribution in [0.2, 0.25) is 0 Å². The summed E-state index contributed by atoms with van der Waals surface area (Å²) in [7, 11) is 0. The van der Waals surface area contributed by atoms with E-state index in [-0.39, 0.29) is 56.8 Å². The molecule has 2 aliphatic heterocycles. The molecule has 43 heavy (non-hydrogen) atoms. The highest BCUT2D eigenvalue weighted by Gasteiger charge is 2.39. The highest BCUT2D eigenvalue weighted by molar-refractivity contribution is 5.94. The van der Waals surface area contributed by atoms with Crippen LogP contribution >= 0.6 is 12.4 Å². The SMILES string of the molecule is CCOC(=O)[C@H](CCCNC(=N)N[N+](=O)[O-])NC(=O)[C@@H]1CCCN1C(=O)CNC(=O)[C@@H]1CCCN1C(=O)[C@@H](N)C(C)C.Cl. The summed E-state index contributed by atoms with van der Waals surface area (Å²) in [6.07, 6.45) is 2.42. The zero-order valence-electron chi connectivity index (χ0n) is 24.8. The molecule has 0 saturated carbocycles. The highest BCUT2D eigenvalue weighted by Crippen LogP contribution is 2.21. The fourth-order valence-electron chi connectivity index (χ4n) is 4.91. The van der Waals surface area contributed by atoms with Crippen LogP contribution in [-0.2, 0) is 28.7 Å². The van der Waals surface area contributed by atoms with Crippen molar-refractivity contribution in [3.63, 3.8) is 0 Å². The highest BCUT2D eigenvalue weighted by atomic mass is 35.5. The van der Waals surface area contributed by atoms with Crippen LogP contribution in [0.3, 0.4) is 0 Å². The first-order valence-electron chi connectivity index (χ1n) is 14.2. The minimum absolute atomic E-state index is 0. The van der Waals surface area contributed by atoms with Crippen molar-refractivity contribution in [2.24, 2.45) is 11.7 Å². The van der Waals surface area contributed by atoms with E-state index in [2.05, 4.69) is 16.0 Å². The second-order valence-corrected chi connectivity index (χ2v) is 10.5. The Kier molecular flexibility index (Phi) is 15.7. The minimum atomic E-state index is -1.03. The lowest BCUT2D eigenvalue weighted by Crippen LogP contribution is -2.55. The van der Waals surface area contributed by atoms with Crippen molar-refractivity contribution in [1.82, 2.24) is 31.2 Å². The van der Waals surface area contributed by atoms with Crippen molar-refractivity contribution in [2.45, 2.75) is 83.5 Å². The smallest absolute Gasteiger partial charge is 0.328 e. The lowest BCUT2D eigenvalue weighted by molar-refractivity contribution is -0.525. The van der Waals surface area contributed by atoms with Crippen molar-refractivity contribution in [3.05, 3.63) is 10.1 Å². The number of rotatable bonds is 14. The molecule has 0 radical (unpaired) electrons. The second-order valence-electron chi connectivity index (χ2n) is 10.5. The number of carbonyl (C=O) groups is 5. The van der Waals surface area contributed by atoms with Crippen LogP contribution in [0.1, 0.15) is 59.3 Å². The van der Waals surface area contributed by atoms with Gasteiger partial charge in [-0.1, -0.05) is 19.3 Å². The van der Waals surface area contributed by atoms with E-state index < -0.39 is 58.9 Å². The number of nitrogens with two attached hydrogens (primary N) is 1. The number of carbonyl (C=O) groups excluding carboxylic acids is 5. The topological polar surface area (TPSA) is 242 Å². The summed E-state index contributed by atoms with van der Waals surface area (Å²) in [5, 5.41) is 24.6.